The fourth-order valence-electron chi connectivity index (χ4n) is 3.08. The van der Waals surface area contributed by atoms with Crippen LogP contribution in [0.4, 0.5) is 0 Å². The summed E-state index contributed by atoms with van der Waals surface area (Å²) in [6, 6.07) is 9.93. The highest BCUT2D eigenvalue weighted by molar-refractivity contribution is 5.77. The lowest BCUT2D eigenvalue weighted by Crippen LogP contribution is -2.40. The lowest BCUT2D eigenvalue weighted by molar-refractivity contribution is -0.137. The van der Waals surface area contributed by atoms with Gasteiger partial charge in [-0.05, 0) is 18.4 Å². The second-order valence-corrected chi connectivity index (χ2v) is 6.03. The number of likely N-dealkylation sites (tertiary alicyclic amines) is 1. The maximum absolute atomic E-state index is 12.2. The maximum atomic E-state index is 12.2. The Morgan fingerprint density at radius 1 is 1.26 bits per heavy atom. The van der Waals surface area contributed by atoms with Gasteiger partial charge in [-0.25, -0.2) is 4.98 Å². The Bertz CT molecular complexity index is 631. The number of piperidine rings is 1. The van der Waals surface area contributed by atoms with Crippen molar-refractivity contribution in [2.75, 3.05) is 19.7 Å². The first-order chi connectivity index (χ1) is 11.2. The molecule has 5 nitrogen and oxygen atoms in total. The largest absolute Gasteiger partial charge is 0.367 e. The van der Waals surface area contributed by atoms with Crippen LogP contribution in [0.2, 0.25) is 0 Å². The van der Waals surface area contributed by atoms with Gasteiger partial charge in [-0.3, -0.25) is 4.79 Å². The molecule has 0 bridgehead atoms. The average Bonchev–Trinajstić information content (AvgIpc) is 3.02. The predicted molar refractivity (Wildman–Crippen MR) is 87.9 cm³/mol. The molecule has 1 aromatic heterocycles. The number of hydrogen-bond acceptors (Lipinski definition) is 3. The second-order valence-electron chi connectivity index (χ2n) is 6.03. The summed E-state index contributed by atoms with van der Waals surface area (Å²) in [5.74, 6) is 1.65. The van der Waals surface area contributed by atoms with E-state index in [-0.39, 0.29) is 12.5 Å². The van der Waals surface area contributed by atoms with E-state index >= 15 is 0 Å². The summed E-state index contributed by atoms with van der Waals surface area (Å²) in [4.78, 5) is 18.6. The smallest absolute Gasteiger partial charge is 0.248 e. The Labute approximate surface area is 136 Å². The van der Waals surface area contributed by atoms with Crippen LogP contribution >= 0.6 is 0 Å². The first-order valence-electron chi connectivity index (χ1n) is 8.10. The number of hydrogen-bond donors (Lipinski definition) is 0. The minimum atomic E-state index is 0.0826. The molecule has 1 aromatic carbocycles. The third-order valence-electron chi connectivity index (χ3n) is 4.41. The van der Waals surface area contributed by atoms with E-state index in [1.807, 2.05) is 54.7 Å². The molecule has 5 heteroatoms. The van der Waals surface area contributed by atoms with Crippen molar-refractivity contribution in [1.29, 1.82) is 0 Å². The van der Waals surface area contributed by atoms with Gasteiger partial charge in [0.05, 0.1) is 6.61 Å². The van der Waals surface area contributed by atoms with Gasteiger partial charge in [0.15, 0.2) is 0 Å². The van der Waals surface area contributed by atoms with E-state index in [2.05, 4.69) is 9.55 Å². The second kappa shape index (κ2) is 7.42. The minimum absolute atomic E-state index is 0.0826. The molecule has 122 valence electrons. The van der Waals surface area contributed by atoms with E-state index < -0.39 is 0 Å². The number of carbonyl (C=O) groups is 1. The monoisotopic (exact) mass is 313 g/mol. The van der Waals surface area contributed by atoms with Gasteiger partial charge in [-0.15, -0.1) is 0 Å². The van der Waals surface area contributed by atoms with E-state index in [0.29, 0.717) is 12.5 Å². The molecule has 3 rings (SSSR count). The van der Waals surface area contributed by atoms with Crippen molar-refractivity contribution in [3.05, 3.63) is 54.1 Å². The lowest BCUT2D eigenvalue weighted by atomic mass is 9.96. The van der Waals surface area contributed by atoms with Gasteiger partial charge in [0, 0.05) is 38.4 Å². The number of imidazole rings is 1. The summed E-state index contributed by atoms with van der Waals surface area (Å²) in [6.45, 7) is 2.20. The van der Waals surface area contributed by atoms with Gasteiger partial charge in [-0.1, -0.05) is 30.3 Å². The zero-order chi connectivity index (χ0) is 16.1. The van der Waals surface area contributed by atoms with Crippen molar-refractivity contribution in [1.82, 2.24) is 14.5 Å². The molecule has 1 fully saturated rings. The molecule has 2 heterocycles. The molecule has 0 unspecified atom stereocenters. The number of nitrogens with zero attached hydrogens (tertiary/aromatic N) is 3. The molecular formula is C18H23N3O2. The highest BCUT2D eigenvalue weighted by Gasteiger charge is 2.25. The van der Waals surface area contributed by atoms with Crippen LogP contribution in [0.1, 0.15) is 30.1 Å². The van der Waals surface area contributed by atoms with Crippen LogP contribution in [0, 0.1) is 0 Å². The van der Waals surface area contributed by atoms with E-state index in [1.54, 1.807) is 0 Å². The number of ether oxygens (including phenoxy) is 1. The molecule has 0 aliphatic carbocycles. The molecule has 1 saturated heterocycles. The third-order valence-corrected chi connectivity index (χ3v) is 4.41. The molecule has 23 heavy (non-hydrogen) atoms. The number of amides is 1. The van der Waals surface area contributed by atoms with Crippen LogP contribution < -0.4 is 0 Å². The molecule has 1 aliphatic rings. The zero-order valence-electron chi connectivity index (χ0n) is 13.5. The molecule has 1 amide bonds. The quantitative estimate of drug-likeness (QED) is 0.851. The van der Waals surface area contributed by atoms with Crippen LogP contribution in [0.5, 0.6) is 0 Å². The van der Waals surface area contributed by atoms with Crippen LogP contribution in [0.15, 0.2) is 42.7 Å². The van der Waals surface area contributed by atoms with Gasteiger partial charge < -0.3 is 14.2 Å². The number of aryl methyl sites for hydroxylation is 1. The fraction of sp³-hybridized carbons (Fsp3) is 0.444. The highest BCUT2D eigenvalue weighted by atomic mass is 16.5. The molecule has 1 aliphatic heterocycles. The third kappa shape index (κ3) is 3.99. The first-order valence-corrected chi connectivity index (χ1v) is 8.10. The van der Waals surface area contributed by atoms with Crippen LogP contribution in [0.25, 0.3) is 0 Å². The first kappa shape index (κ1) is 15.7. The van der Waals surface area contributed by atoms with Crippen molar-refractivity contribution in [2.24, 2.45) is 7.05 Å². The van der Waals surface area contributed by atoms with E-state index in [1.165, 1.54) is 0 Å². The average molecular weight is 313 g/mol. The molecule has 2 aromatic rings. The lowest BCUT2D eigenvalue weighted by Gasteiger charge is -2.31. The fourth-order valence-corrected chi connectivity index (χ4v) is 3.08. The Hall–Kier alpha value is -2.14. The molecule has 0 spiro atoms. The zero-order valence-corrected chi connectivity index (χ0v) is 13.5. The standard InChI is InChI=1S/C18H23N3O2/c1-20-12-9-19-18(20)16-7-10-21(11-8-16)17(22)14-23-13-15-5-3-2-4-6-15/h2-6,9,12,16H,7-8,10-11,13-14H2,1H3. The van der Waals surface area contributed by atoms with Gasteiger partial charge >= 0.3 is 0 Å². The van der Waals surface area contributed by atoms with Crippen molar-refractivity contribution >= 4 is 5.91 Å². The van der Waals surface area contributed by atoms with Crippen molar-refractivity contribution < 1.29 is 9.53 Å². The number of aromatic nitrogens is 2. The molecule has 0 saturated carbocycles. The summed E-state index contributed by atoms with van der Waals surface area (Å²) in [5, 5.41) is 0. The summed E-state index contributed by atoms with van der Waals surface area (Å²) < 4.78 is 7.62. The van der Waals surface area contributed by atoms with Gasteiger partial charge in [0.25, 0.3) is 0 Å². The van der Waals surface area contributed by atoms with Crippen molar-refractivity contribution in [3.63, 3.8) is 0 Å². The molecule has 0 N–H and O–H groups in total. The summed E-state index contributed by atoms with van der Waals surface area (Å²) in [5.41, 5.74) is 1.09. The van der Waals surface area contributed by atoms with Crippen molar-refractivity contribution in [2.45, 2.75) is 25.4 Å². The summed E-state index contributed by atoms with van der Waals surface area (Å²) in [7, 11) is 2.03. The molecular weight excluding hydrogens is 290 g/mol. The van der Waals surface area contributed by atoms with E-state index in [9.17, 15) is 4.79 Å². The Balaban J connectivity index is 1.42. The number of benzene rings is 1. The Morgan fingerprint density at radius 3 is 2.65 bits per heavy atom. The summed E-state index contributed by atoms with van der Waals surface area (Å²) >= 11 is 0. The molecule has 0 atom stereocenters. The Kier molecular flexibility index (Phi) is 5.08. The minimum Gasteiger partial charge on any atom is -0.367 e. The van der Waals surface area contributed by atoms with Gasteiger partial charge in [0.2, 0.25) is 5.91 Å². The normalized spacial score (nSPS) is 15.8. The Morgan fingerprint density at radius 2 is 2.00 bits per heavy atom. The summed E-state index contributed by atoms with van der Waals surface area (Å²) in [6.07, 6.45) is 5.75. The van der Waals surface area contributed by atoms with Crippen LogP contribution in [-0.4, -0.2) is 40.1 Å². The maximum Gasteiger partial charge on any atom is 0.248 e. The van der Waals surface area contributed by atoms with Crippen molar-refractivity contribution in [3.8, 4) is 0 Å². The number of carbonyl (C=O) groups excluding carboxylic acids is 1. The van der Waals surface area contributed by atoms with E-state index in [0.717, 1.165) is 37.3 Å². The van der Waals surface area contributed by atoms with E-state index in [4.69, 9.17) is 4.74 Å². The van der Waals surface area contributed by atoms with Crippen LogP contribution in [0.3, 0.4) is 0 Å². The van der Waals surface area contributed by atoms with Gasteiger partial charge in [-0.2, -0.15) is 0 Å². The van der Waals surface area contributed by atoms with Gasteiger partial charge in [0.1, 0.15) is 12.4 Å². The SMILES string of the molecule is Cn1ccnc1C1CCN(C(=O)COCc2ccccc2)CC1. The topological polar surface area (TPSA) is 47.4 Å². The molecule has 0 radical (unpaired) electrons. The predicted octanol–water partition coefficient (Wildman–Crippen LogP) is 2.34. The highest BCUT2D eigenvalue weighted by Crippen LogP contribution is 2.26. The number of rotatable bonds is 5. The van der Waals surface area contributed by atoms with Crippen LogP contribution in [-0.2, 0) is 23.2 Å².